The molecule has 3 aromatic heterocycles. The van der Waals surface area contributed by atoms with E-state index < -0.39 is 18.1 Å². The van der Waals surface area contributed by atoms with E-state index in [4.69, 9.17) is 4.42 Å². The van der Waals surface area contributed by atoms with E-state index in [0.29, 0.717) is 54.9 Å². The third kappa shape index (κ3) is 5.24. The molecule has 2 amide bonds. The Balaban J connectivity index is 1.39. The predicted molar refractivity (Wildman–Crippen MR) is 131 cm³/mol. The minimum atomic E-state index is -2.87. The van der Waals surface area contributed by atoms with Crippen LogP contribution in [-0.2, 0) is 16.1 Å². The van der Waals surface area contributed by atoms with Crippen molar-refractivity contribution in [3.05, 3.63) is 66.2 Å². The number of alkyl halides is 2. The van der Waals surface area contributed by atoms with Crippen molar-refractivity contribution in [1.82, 2.24) is 24.5 Å². The van der Waals surface area contributed by atoms with Crippen molar-refractivity contribution in [2.45, 2.75) is 39.2 Å². The molecule has 0 saturated carbocycles. The number of amides is 2. The summed E-state index contributed by atoms with van der Waals surface area (Å²) in [6.45, 7) is 2.90. The number of benzene rings is 1. The summed E-state index contributed by atoms with van der Waals surface area (Å²) < 4.78 is 46.5. The van der Waals surface area contributed by atoms with Gasteiger partial charge in [0, 0.05) is 49.1 Å². The van der Waals surface area contributed by atoms with E-state index in [9.17, 15) is 22.8 Å². The van der Waals surface area contributed by atoms with Crippen molar-refractivity contribution in [2.24, 2.45) is 5.92 Å². The highest BCUT2D eigenvalue weighted by Crippen LogP contribution is 2.27. The first kappa shape index (κ1) is 25.4. The second kappa shape index (κ2) is 10.6. The molecule has 198 valence electrons. The Hall–Kier alpha value is -4.22. The molecule has 0 unspecified atom stereocenters. The minimum Gasteiger partial charge on any atom is -0.415 e. The van der Waals surface area contributed by atoms with Crippen LogP contribution in [0.2, 0.25) is 0 Å². The summed E-state index contributed by atoms with van der Waals surface area (Å²) in [6.07, 6.45) is 2.00. The Morgan fingerprint density at radius 3 is 2.63 bits per heavy atom. The number of aromatic nitrogens is 4. The Bertz CT molecular complexity index is 1460. The Morgan fingerprint density at radius 2 is 1.95 bits per heavy atom. The average molecular weight is 527 g/mol. The lowest BCUT2D eigenvalue weighted by Gasteiger charge is -2.34. The van der Waals surface area contributed by atoms with Gasteiger partial charge in [0.25, 0.3) is 5.89 Å². The first-order valence-corrected chi connectivity index (χ1v) is 12.3. The zero-order chi connectivity index (χ0) is 26.8. The van der Waals surface area contributed by atoms with Crippen LogP contribution in [0, 0.1) is 11.7 Å². The predicted octanol–water partition coefficient (Wildman–Crippen LogP) is 4.64. The summed E-state index contributed by atoms with van der Waals surface area (Å²) in [5.41, 5.74) is 1.84. The lowest BCUT2D eigenvalue weighted by Crippen LogP contribution is -2.44. The van der Waals surface area contributed by atoms with Crippen LogP contribution in [0.3, 0.4) is 0 Å². The number of hydrogen-bond acceptors (Lipinski definition) is 6. The first-order chi connectivity index (χ1) is 18.3. The maximum atomic E-state index is 14.1. The number of likely N-dealkylation sites (tertiary alicyclic amines) is 1. The van der Waals surface area contributed by atoms with Crippen LogP contribution in [0.1, 0.15) is 44.2 Å². The van der Waals surface area contributed by atoms with Crippen LogP contribution in [-0.4, -0.2) is 49.4 Å². The van der Waals surface area contributed by atoms with E-state index >= 15 is 0 Å². The van der Waals surface area contributed by atoms with E-state index in [-0.39, 0.29) is 30.2 Å². The van der Waals surface area contributed by atoms with Gasteiger partial charge in [-0.1, -0.05) is 13.0 Å². The maximum absolute atomic E-state index is 14.1. The molecular weight excluding hydrogens is 501 g/mol. The largest absolute Gasteiger partial charge is 0.415 e. The summed E-state index contributed by atoms with van der Waals surface area (Å²) >= 11 is 0. The molecule has 0 spiro atoms. The fourth-order valence-electron chi connectivity index (χ4n) is 4.61. The Kier molecular flexibility index (Phi) is 7.12. The SMILES string of the molecule is CCC(=O)N1CCC(C(=O)N(Cc2cn3ccc(-c4nnc(C(F)F)o4)cc3n2)c2cccc(F)c2)CC1. The first-order valence-electron chi connectivity index (χ1n) is 12.3. The molecular formula is C26H25F3N6O3. The molecule has 1 aliphatic heterocycles. The number of pyridine rings is 1. The van der Waals surface area contributed by atoms with Gasteiger partial charge in [-0.15, -0.1) is 10.2 Å². The summed E-state index contributed by atoms with van der Waals surface area (Å²) in [5.74, 6) is -1.71. The summed E-state index contributed by atoms with van der Waals surface area (Å²) in [5, 5.41) is 7.02. The van der Waals surface area contributed by atoms with Crippen LogP contribution in [0.5, 0.6) is 0 Å². The number of hydrogen-bond donors (Lipinski definition) is 0. The van der Waals surface area contributed by atoms with E-state index in [0.717, 1.165) is 0 Å². The topological polar surface area (TPSA) is 96.8 Å². The molecule has 0 bridgehead atoms. The standard InChI is InChI=1S/C26H25F3N6O3/c1-2-22(36)33-9-6-16(7-10-33)26(37)35(20-5-3-4-18(27)13-20)15-19-14-34-11-8-17(12-21(34)30-19)24-31-32-25(38-24)23(28)29/h3-5,8,11-14,16,23H,2,6-7,9-10,15H2,1H3. The quantitative estimate of drug-likeness (QED) is 0.348. The molecule has 4 heterocycles. The van der Waals surface area contributed by atoms with Crippen LogP contribution < -0.4 is 4.90 Å². The van der Waals surface area contributed by atoms with Crippen LogP contribution >= 0.6 is 0 Å². The molecule has 1 fully saturated rings. The van der Waals surface area contributed by atoms with Crippen molar-refractivity contribution in [1.29, 1.82) is 0 Å². The Morgan fingerprint density at radius 1 is 1.16 bits per heavy atom. The molecule has 12 heteroatoms. The van der Waals surface area contributed by atoms with E-state index in [1.165, 1.54) is 17.0 Å². The lowest BCUT2D eigenvalue weighted by molar-refractivity contribution is -0.134. The number of carbonyl (C=O) groups excluding carboxylic acids is 2. The fraction of sp³-hybridized carbons (Fsp3) is 0.346. The van der Waals surface area contributed by atoms with Crippen molar-refractivity contribution in [3.8, 4) is 11.5 Å². The molecule has 9 nitrogen and oxygen atoms in total. The van der Waals surface area contributed by atoms with E-state index in [1.807, 2.05) is 6.92 Å². The van der Waals surface area contributed by atoms with Crippen LogP contribution in [0.25, 0.3) is 17.1 Å². The van der Waals surface area contributed by atoms with Crippen molar-refractivity contribution >= 4 is 23.1 Å². The molecule has 1 aliphatic rings. The Labute approximate surface area is 215 Å². The molecule has 1 aromatic carbocycles. The van der Waals surface area contributed by atoms with Gasteiger partial charge < -0.3 is 18.6 Å². The number of halogens is 3. The summed E-state index contributed by atoms with van der Waals surface area (Å²) in [4.78, 5) is 33.6. The third-order valence-electron chi connectivity index (χ3n) is 6.59. The molecule has 1 saturated heterocycles. The average Bonchev–Trinajstić information content (AvgIpc) is 3.58. The van der Waals surface area contributed by atoms with Crippen LogP contribution in [0.4, 0.5) is 18.9 Å². The smallest absolute Gasteiger partial charge is 0.314 e. The second-order valence-corrected chi connectivity index (χ2v) is 9.07. The number of imidazole rings is 1. The highest BCUT2D eigenvalue weighted by atomic mass is 19.3. The number of rotatable bonds is 7. The third-order valence-corrected chi connectivity index (χ3v) is 6.59. The molecule has 4 aromatic rings. The van der Waals surface area contributed by atoms with E-state index in [1.54, 1.807) is 46.0 Å². The van der Waals surface area contributed by atoms with Gasteiger partial charge in [0.15, 0.2) is 0 Å². The van der Waals surface area contributed by atoms with Gasteiger partial charge in [-0.2, -0.15) is 8.78 Å². The number of anilines is 1. The van der Waals surface area contributed by atoms with Gasteiger partial charge in [-0.05, 0) is 43.2 Å². The normalized spacial score (nSPS) is 14.4. The van der Waals surface area contributed by atoms with E-state index in [2.05, 4.69) is 15.2 Å². The zero-order valence-corrected chi connectivity index (χ0v) is 20.6. The van der Waals surface area contributed by atoms with Gasteiger partial charge in [0.05, 0.1) is 12.2 Å². The van der Waals surface area contributed by atoms with Gasteiger partial charge >= 0.3 is 6.43 Å². The molecule has 38 heavy (non-hydrogen) atoms. The lowest BCUT2D eigenvalue weighted by atomic mass is 9.94. The van der Waals surface area contributed by atoms with Crippen LogP contribution in [0.15, 0.2) is 53.2 Å². The zero-order valence-electron chi connectivity index (χ0n) is 20.6. The van der Waals surface area contributed by atoms with Crippen molar-refractivity contribution in [2.75, 3.05) is 18.0 Å². The van der Waals surface area contributed by atoms with Crippen molar-refractivity contribution < 1.29 is 27.2 Å². The summed E-state index contributed by atoms with van der Waals surface area (Å²) in [6, 6.07) is 9.06. The number of nitrogens with zero attached hydrogens (tertiary/aromatic N) is 6. The second-order valence-electron chi connectivity index (χ2n) is 9.07. The molecule has 0 radical (unpaired) electrons. The van der Waals surface area contributed by atoms with Gasteiger partial charge in [0.2, 0.25) is 17.7 Å². The fourth-order valence-corrected chi connectivity index (χ4v) is 4.61. The van der Waals surface area contributed by atoms with Gasteiger partial charge in [-0.3, -0.25) is 9.59 Å². The molecule has 0 N–H and O–H groups in total. The molecule has 5 rings (SSSR count). The van der Waals surface area contributed by atoms with Gasteiger partial charge in [0.1, 0.15) is 11.5 Å². The maximum Gasteiger partial charge on any atom is 0.314 e. The molecule has 0 aliphatic carbocycles. The molecule has 0 atom stereocenters. The highest BCUT2D eigenvalue weighted by Gasteiger charge is 2.31. The highest BCUT2D eigenvalue weighted by molar-refractivity contribution is 5.95. The van der Waals surface area contributed by atoms with Crippen molar-refractivity contribution in [3.63, 3.8) is 0 Å². The number of carbonyl (C=O) groups is 2. The summed E-state index contributed by atoms with van der Waals surface area (Å²) in [7, 11) is 0. The number of piperidine rings is 1. The number of fused-ring (bicyclic) bond motifs is 1. The monoisotopic (exact) mass is 526 g/mol. The van der Waals surface area contributed by atoms with Gasteiger partial charge in [-0.25, -0.2) is 9.37 Å². The minimum absolute atomic E-state index is 0.0585.